The van der Waals surface area contributed by atoms with E-state index < -0.39 is 11.7 Å². The lowest BCUT2D eigenvalue weighted by molar-refractivity contribution is 0.101. The molecule has 0 atom stereocenters. The van der Waals surface area contributed by atoms with Gasteiger partial charge in [-0.3, -0.25) is 4.79 Å². The van der Waals surface area contributed by atoms with Crippen molar-refractivity contribution in [3.8, 4) is 5.75 Å². The van der Waals surface area contributed by atoms with Crippen molar-refractivity contribution in [2.45, 2.75) is 13.8 Å². The van der Waals surface area contributed by atoms with Crippen molar-refractivity contribution in [1.29, 1.82) is 0 Å². The molecule has 0 radical (unpaired) electrons. The summed E-state index contributed by atoms with van der Waals surface area (Å²) >= 11 is 0. The smallest absolute Gasteiger partial charge is 0.295 e. The molecule has 0 saturated heterocycles. The van der Waals surface area contributed by atoms with Gasteiger partial charge in [0.05, 0.1) is 12.3 Å². The second-order valence-corrected chi connectivity index (χ2v) is 4.76. The quantitative estimate of drug-likeness (QED) is 0.798. The molecule has 2 aromatic heterocycles. The fourth-order valence-electron chi connectivity index (χ4n) is 2.06. The van der Waals surface area contributed by atoms with Gasteiger partial charge in [-0.15, -0.1) is 5.10 Å². The van der Waals surface area contributed by atoms with Gasteiger partial charge < -0.3 is 10.1 Å². The Bertz CT molecular complexity index is 877. The van der Waals surface area contributed by atoms with Gasteiger partial charge in [0.1, 0.15) is 11.6 Å². The molecule has 2 heterocycles. The van der Waals surface area contributed by atoms with E-state index in [9.17, 15) is 9.18 Å². The lowest BCUT2D eigenvalue weighted by atomic mass is 10.2. The Labute approximate surface area is 131 Å². The number of rotatable bonds is 4. The number of aryl methyl sites for hydroxylation is 1. The van der Waals surface area contributed by atoms with Crippen molar-refractivity contribution in [3.05, 3.63) is 47.8 Å². The van der Waals surface area contributed by atoms with Gasteiger partial charge in [0.2, 0.25) is 5.82 Å². The average molecular weight is 315 g/mol. The number of fused-ring (bicyclic) bond motifs is 1. The normalized spacial score (nSPS) is 10.7. The summed E-state index contributed by atoms with van der Waals surface area (Å²) < 4.78 is 20.1. The molecule has 0 fully saturated rings. The number of nitrogens with zero attached hydrogens (tertiary/aromatic N) is 4. The van der Waals surface area contributed by atoms with Gasteiger partial charge in [-0.2, -0.15) is 4.98 Å². The number of carbonyl (C=O) groups excluding carboxylic acids is 1. The monoisotopic (exact) mass is 315 g/mol. The fourth-order valence-corrected chi connectivity index (χ4v) is 2.06. The molecule has 8 heteroatoms. The molecular weight excluding hydrogens is 301 g/mol. The van der Waals surface area contributed by atoms with E-state index in [1.54, 1.807) is 19.2 Å². The maximum absolute atomic E-state index is 13.3. The first kappa shape index (κ1) is 14.9. The van der Waals surface area contributed by atoms with E-state index in [2.05, 4.69) is 20.4 Å². The van der Waals surface area contributed by atoms with Gasteiger partial charge in [-0.25, -0.2) is 13.9 Å². The minimum absolute atomic E-state index is 0.0291. The molecule has 0 saturated carbocycles. The van der Waals surface area contributed by atoms with Crippen LogP contribution in [0.4, 0.5) is 10.1 Å². The molecule has 1 N–H and O–H groups in total. The second-order valence-electron chi connectivity index (χ2n) is 4.76. The molecule has 0 aliphatic heterocycles. The molecule has 0 spiro atoms. The van der Waals surface area contributed by atoms with Crippen LogP contribution in [0.5, 0.6) is 5.75 Å². The van der Waals surface area contributed by atoms with Gasteiger partial charge in [-0.05, 0) is 32.0 Å². The van der Waals surface area contributed by atoms with Crippen molar-refractivity contribution in [1.82, 2.24) is 19.6 Å². The van der Waals surface area contributed by atoms with Crippen LogP contribution in [0.2, 0.25) is 0 Å². The highest BCUT2D eigenvalue weighted by atomic mass is 19.1. The lowest BCUT2D eigenvalue weighted by Crippen LogP contribution is -2.15. The lowest BCUT2D eigenvalue weighted by Gasteiger charge is -2.10. The summed E-state index contributed by atoms with van der Waals surface area (Å²) in [5.74, 6) is -0.420. The number of benzene rings is 1. The van der Waals surface area contributed by atoms with Crippen LogP contribution in [0, 0.1) is 12.7 Å². The second kappa shape index (κ2) is 5.99. The van der Waals surface area contributed by atoms with E-state index in [0.717, 1.165) is 5.69 Å². The predicted octanol–water partition coefficient (Wildman–Crippen LogP) is 2.22. The Morgan fingerprint density at radius 2 is 2.22 bits per heavy atom. The molecule has 118 valence electrons. The Kier molecular flexibility index (Phi) is 3.88. The Morgan fingerprint density at radius 1 is 1.39 bits per heavy atom. The van der Waals surface area contributed by atoms with E-state index in [1.165, 1.54) is 22.7 Å². The summed E-state index contributed by atoms with van der Waals surface area (Å²) in [6.45, 7) is 3.95. The first-order valence-electron chi connectivity index (χ1n) is 7.00. The number of halogens is 1. The van der Waals surface area contributed by atoms with Crippen molar-refractivity contribution in [2.75, 3.05) is 11.9 Å². The van der Waals surface area contributed by atoms with E-state index in [0.29, 0.717) is 18.1 Å². The molecule has 0 bridgehead atoms. The standard InChI is InChI=1S/C15H14FN5O2/c1-3-23-12-8-10(16)4-5-11(12)18-14(22)13-19-15-17-7-6-9(2)21(15)20-13/h4-8H,3H2,1-2H3,(H,18,22). The molecule has 23 heavy (non-hydrogen) atoms. The number of nitrogens with one attached hydrogen (secondary N) is 1. The van der Waals surface area contributed by atoms with Crippen molar-refractivity contribution < 1.29 is 13.9 Å². The highest BCUT2D eigenvalue weighted by Gasteiger charge is 2.16. The number of anilines is 1. The molecule has 0 aliphatic carbocycles. The summed E-state index contributed by atoms with van der Waals surface area (Å²) in [5.41, 5.74) is 1.15. The molecule has 3 rings (SSSR count). The number of aromatic nitrogens is 4. The van der Waals surface area contributed by atoms with Crippen LogP contribution >= 0.6 is 0 Å². The summed E-state index contributed by atoms with van der Waals surface area (Å²) in [6.07, 6.45) is 1.59. The van der Waals surface area contributed by atoms with Crippen LogP contribution < -0.4 is 10.1 Å². The summed E-state index contributed by atoms with van der Waals surface area (Å²) in [7, 11) is 0. The topological polar surface area (TPSA) is 81.4 Å². The zero-order valence-corrected chi connectivity index (χ0v) is 12.6. The zero-order valence-electron chi connectivity index (χ0n) is 12.6. The highest BCUT2D eigenvalue weighted by Crippen LogP contribution is 2.25. The number of ether oxygens (including phenoxy) is 1. The minimum Gasteiger partial charge on any atom is -0.492 e. The molecule has 1 amide bonds. The number of hydrogen-bond acceptors (Lipinski definition) is 5. The van der Waals surface area contributed by atoms with Crippen LogP contribution in [0.15, 0.2) is 30.5 Å². The number of carbonyl (C=O) groups is 1. The molecule has 3 aromatic rings. The summed E-state index contributed by atoms with van der Waals surface area (Å²) in [4.78, 5) is 20.4. The van der Waals surface area contributed by atoms with E-state index in [1.807, 2.05) is 6.92 Å². The van der Waals surface area contributed by atoms with Gasteiger partial charge >= 0.3 is 0 Å². The average Bonchev–Trinajstić information content (AvgIpc) is 2.96. The first-order chi connectivity index (χ1) is 11.1. The zero-order chi connectivity index (χ0) is 16.4. The Balaban J connectivity index is 1.90. The minimum atomic E-state index is -0.525. The van der Waals surface area contributed by atoms with Crippen LogP contribution in [-0.2, 0) is 0 Å². The van der Waals surface area contributed by atoms with Crippen molar-refractivity contribution in [3.63, 3.8) is 0 Å². The van der Waals surface area contributed by atoms with Gasteiger partial charge in [-0.1, -0.05) is 0 Å². The largest absolute Gasteiger partial charge is 0.492 e. The van der Waals surface area contributed by atoms with E-state index in [-0.39, 0.29) is 11.6 Å². The highest BCUT2D eigenvalue weighted by molar-refractivity contribution is 6.02. The summed E-state index contributed by atoms with van der Waals surface area (Å²) in [6, 6.07) is 5.64. The fraction of sp³-hybridized carbons (Fsp3) is 0.200. The van der Waals surface area contributed by atoms with E-state index >= 15 is 0 Å². The van der Waals surface area contributed by atoms with Crippen LogP contribution in [0.1, 0.15) is 23.2 Å². The maximum atomic E-state index is 13.3. The van der Waals surface area contributed by atoms with E-state index in [4.69, 9.17) is 4.74 Å². The van der Waals surface area contributed by atoms with Gasteiger partial charge in [0.25, 0.3) is 11.7 Å². The van der Waals surface area contributed by atoms with Gasteiger partial charge in [0, 0.05) is 18.0 Å². The Hall–Kier alpha value is -3.03. The third-order valence-corrected chi connectivity index (χ3v) is 3.12. The third-order valence-electron chi connectivity index (χ3n) is 3.12. The van der Waals surface area contributed by atoms with Crippen molar-refractivity contribution in [2.24, 2.45) is 0 Å². The molecule has 0 aliphatic rings. The number of amides is 1. The van der Waals surface area contributed by atoms with Crippen LogP contribution in [0.25, 0.3) is 5.78 Å². The van der Waals surface area contributed by atoms with Crippen LogP contribution in [0.3, 0.4) is 0 Å². The maximum Gasteiger partial charge on any atom is 0.295 e. The van der Waals surface area contributed by atoms with Crippen LogP contribution in [-0.4, -0.2) is 32.1 Å². The molecular formula is C15H14FN5O2. The van der Waals surface area contributed by atoms with Crippen molar-refractivity contribution >= 4 is 17.4 Å². The molecule has 1 aromatic carbocycles. The third kappa shape index (κ3) is 2.96. The molecule has 7 nitrogen and oxygen atoms in total. The predicted molar refractivity (Wildman–Crippen MR) is 81.0 cm³/mol. The summed E-state index contributed by atoms with van der Waals surface area (Å²) in [5, 5.41) is 6.74. The Morgan fingerprint density at radius 3 is 2.96 bits per heavy atom. The molecule has 0 unspecified atom stereocenters. The number of hydrogen-bond donors (Lipinski definition) is 1. The first-order valence-corrected chi connectivity index (χ1v) is 7.00. The SMILES string of the molecule is CCOc1cc(F)ccc1NC(=O)c1nc2nccc(C)n2n1. The van der Waals surface area contributed by atoms with Gasteiger partial charge in [0.15, 0.2) is 0 Å².